The first-order valence-electron chi connectivity index (χ1n) is 6.91. The maximum absolute atomic E-state index is 12.3. The number of hydrogen-bond acceptors (Lipinski definition) is 4. The molecular weight excluding hydrogens is 334 g/mol. The van der Waals surface area contributed by atoms with Gasteiger partial charge in [0.2, 0.25) is 5.91 Å². The number of anilines is 1. The predicted octanol–water partition coefficient (Wildman–Crippen LogP) is 4.25. The first kappa shape index (κ1) is 17.4. The molecule has 0 aliphatic carbocycles. The van der Waals surface area contributed by atoms with Gasteiger partial charge in [-0.2, -0.15) is 0 Å². The van der Waals surface area contributed by atoms with E-state index in [9.17, 15) is 9.59 Å². The van der Waals surface area contributed by atoms with Crippen molar-refractivity contribution in [2.24, 2.45) is 0 Å². The van der Waals surface area contributed by atoms with Crippen LogP contribution in [0.5, 0.6) is 0 Å². The van der Waals surface area contributed by atoms with Crippen LogP contribution in [0.4, 0.5) is 5.69 Å². The van der Waals surface area contributed by atoms with E-state index in [2.05, 4.69) is 10.1 Å². The summed E-state index contributed by atoms with van der Waals surface area (Å²) in [5.41, 5.74) is 0.718. The quantitative estimate of drug-likeness (QED) is 0.647. The zero-order valence-corrected chi connectivity index (χ0v) is 14.3. The molecule has 0 fully saturated rings. The van der Waals surface area contributed by atoms with Crippen molar-refractivity contribution in [3.63, 3.8) is 0 Å². The van der Waals surface area contributed by atoms with Gasteiger partial charge in [-0.15, -0.1) is 11.8 Å². The summed E-state index contributed by atoms with van der Waals surface area (Å²) in [6.45, 7) is 1.82. The van der Waals surface area contributed by atoms with Crippen LogP contribution in [0.3, 0.4) is 0 Å². The van der Waals surface area contributed by atoms with Gasteiger partial charge in [0.25, 0.3) is 0 Å². The first-order chi connectivity index (χ1) is 11.0. The van der Waals surface area contributed by atoms with Gasteiger partial charge in [-0.25, -0.2) is 4.79 Å². The van der Waals surface area contributed by atoms with Gasteiger partial charge in [-0.3, -0.25) is 4.79 Å². The summed E-state index contributed by atoms with van der Waals surface area (Å²) in [5, 5.41) is 2.78. The van der Waals surface area contributed by atoms with E-state index in [1.54, 1.807) is 12.1 Å². The number of esters is 1. The second-order valence-electron chi connectivity index (χ2n) is 4.75. The molecule has 120 valence electrons. The molecule has 1 atom stereocenters. The number of rotatable bonds is 5. The number of hydrogen-bond donors (Lipinski definition) is 1. The van der Waals surface area contributed by atoms with Crippen LogP contribution in [0, 0.1) is 0 Å². The Hall–Kier alpha value is -1.98. The summed E-state index contributed by atoms with van der Waals surface area (Å²) < 4.78 is 4.66. The number of carbonyl (C=O) groups is 2. The first-order valence-corrected chi connectivity index (χ1v) is 8.17. The molecule has 6 heteroatoms. The van der Waals surface area contributed by atoms with E-state index in [0.29, 0.717) is 5.69 Å². The van der Waals surface area contributed by atoms with Gasteiger partial charge in [-0.1, -0.05) is 29.8 Å². The lowest BCUT2D eigenvalue weighted by Gasteiger charge is -2.13. The summed E-state index contributed by atoms with van der Waals surface area (Å²) in [7, 11) is 1.28. The fourth-order valence-electron chi connectivity index (χ4n) is 1.87. The van der Waals surface area contributed by atoms with Crippen molar-refractivity contribution in [2.75, 3.05) is 12.4 Å². The number of carbonyl (C=O) groups excluding carboxylic acids is 2. The molecular formula is C17H16ClNO3S. The molecule has 0 aliphatic heterocycles. The van der Waals surface area contributed by atoms with E-state index in [-0.39, 0.29) is 21.7 Å². The molecule has 0 heterocycles. The van der Waals surface area contributed by atoms with Crippen molar-refractivity contribution in [3.05, 3.63) is 59.1 Å². The average Bonchev–Trinajstić information content (AvgIpc) is 2.56. The smallest absolute Gasteiger partial charge is 0.339 e. The summed E-state index contributed by atoms with van der Waals surface area (Å²) in [4.78, 5) is 24.9. The molecule has 0 aliphatic rings. The minimum Gasteiger partial charge on any atom is -0.465 e. The normalized spacial score (nSPS) is 11.6. The molecule has 4 nitrogen and oxygen atoms in total. The molecule has 23 heavy (non-hydrogen) atoms. The van der Waals surface area contributed by atoms with Crippen molar-refractivity contribution in [1.82, 2.24) is 0 Å². The summed E-state index contributed by atoms with van der Waals surface area (Å²) in [6, 6.07) is 14.4. The SMILES string of the molecule is COC(=O)c1cc(NC(=O)[C@@H](C)Sc2ccccc2)ccc1Cl. The molecule has 0 saturated carbocycles. The topological polar surface area (TPSA) is 55.4 Å². The predicted molar refractivity (Wildman–Crippen MR) is 93.2 cm³/mol. The van der Waals surface area contributed by atoms with Crippen LogP contribution in [-0.2, 0) is 9.53 Å². The molecule has 2 rings (SSSR count). The summed E-state index contributed by atoms with van der Waals surface area (Å²) in [5.74, 6) is -0.699. The molecule has 0 aromatic heterocycles. The largest absolute Gasteiger partial charge is 0.465 e. The van der Waals surface area contributed by atoms with E-state index in [1.807, 2.05) is 37.3 Å². The van der Waals surface area contributed by atoms with Crippen LogP contribution in [0.25, 0.3) is 0 Å². The molecule has 0 bridgehead atoms. The maximum atomic E-state index is 12.3. The molecule has 0 saturated heterocycles. The van der Waals surface area contributed by atoms with E-state index < -0.39 is 5.97 Å². The lowest BCUT2D eigenvalue weighted by molar-refractivity contribution is -0.115. The number of amides is 1. The van der Waals surface area contributed by atoms with Gasteiger partial charge in [0.1, 0.15) is 0 Å². The Morgan fingerprint density at radius 1 is 1.17 bits per heavy atom. The van der Waals surface area contributed by atoms with Crippen LogP contribution >= 0.6 is 23.4 Å². The third kappa shape index (κ3) is 4.74. The zero-order valence-electron chi connectivity index (χ0n) is 12.7. The fourth-order valence-corrected chi connectivity index (χ4v) is 2.95. The molecule has 1 N–H and O–H groups in total. The standard InChI is InChI=1S/C17H16ClNO3S/c1-11(23-13-6-4-3-5-7-13)16(20)19-12-8-9-15(18)14(10-12)17(21)22-2/h3-11H,1-2H3,(H,19,20)/t11-/m1/s1. The Labute approximate surface area is 144 Å². The minimum atomic E-state index is -0.544. The van der Waals surface area contributed by atoms with Crippen LogP contribution < -0.4 is 5.32 Å². The van der Waals surface area contributed by atoms with Crippen molar-refractivity contribution in [3.8, 4) is 0 Å². The zero-order chi connectivity index (χ0) is 16.8. The number of thioether (sulfide) groups is 1. The number of nitrogens with one attached hydrogen (secondary N) is 1. The van der Waals surface area contributed by atoms with Gasteiger partial charge in [0, 0.05) is 10.6 Å². The monoisotopic (exact) mass is 349 g/mol. The molecule has 0 spiro atoms. The van der Waals surface area contributed by atoms with Gasteiger partial charge >= 0.3 is 5.97 Å². The van der Waals surface area contributed by atoms with Crippen LogP contribution in [-0.4, -0.2) is 24.2 Å². The molecule has 1 amide bonds. The number of benzene rings is 2. The highest BCUT2D eigenvalue weighted by Crippen LogP contribution is 2.25. The van der Waals surface area contributed by atoms with Crippen LogP contribution in [0.1, 0.15) is 17.3 Å². The Bertz CT molecular complexity index is 706. The average molecular weight is 350 g/mol. The number of ether oxygens (including phenoxy) is 1. The van der Waals surface area contributed by atoms with Crippen molar-refractivity contribution in [1.29, 1.82) is 0 Å². The Kier molecular flexibility index (Phi) is 6.07. The number of methoxy groups -OCH3 is 1. The van der Waals surface area contributed by atoms with Gasteiger partial charge in [0.15, 0.2) is 0 Å². The van der Waals surface area contributed by atoms with Crippen LogP contribution in [0.2, 0.25) is 5.02 Å². The third-order valence-corrected chi connectivity index (χ3v) is 4.51. The van der Waals surface area contributed by atoms with E-state index in [0.717, 1.165) is 4.90 Å². The summed E-state index contributed by atoms with van der Waals surface area (Å²) in [6.07, 6.45) is 0. The van der Waals surface area contributed by atoms with Crippen molar-refractivity contribution < 1.29 is 14.3 Å². The van der Waals surface area contributed by atoms with E-state index in [1.165, 1.54) is 24.9 Å². The summed E-state index contributed by atoms with van der Waals surface area (Å²) >= 11 is 7.42. The fraction of sp³-hybridized carbons (Fsp3) is 0.176. The van der Waals surface area contributed by atoms with Gasteiger partial charge in [0.05, 0.1) is 22.9 Å². The maximum Gasteiger partial charge on any atom is 0.339 e. The Morgan fingerprint density at radius 2 is 1.87 bits per heavy atom. The highest BCUT2D eigenvalue weighted by atomic mass is 35.5. The second kappa shape index (κ2) is 8.04. The van der Waals surface area contributed by atoms with Gasteiger partial charge < -0.3 is 10.1 Å². The highest BCUT2D eigenvalue weighted by Gasteiger charge is 2.16. The van der Waals surface area contributed by atoms with Crippen LogP contribution in [0.15, 0.2) is 53.4 Å². The van der Waals surface area contributed by atoms with Gasteiger partial charge in [-0.05, 0) is 37.3 Å². The Balaban J connectivity index is 2.06. The molecule has 2 aromatic carbocycles. The van der Waals surface area contributed by atoms with E-state index >= 15 is 0 Å². The van der Waals surface area contributed by atoms with E-state index in [4.69, 9.17) is 11.6 Å². The molecule has 0 unspecified atom stereocenters. The lowest BCUT2D eigenvalue weighted by atomic mass is 10.2. The lowest BCUT2D eigenvalue weighted by Crippen LogP contribution is -2.22. The number of halogens is 1. The molecule has 0 radical (unpaired) electrons. The molecule has 2 aromatic rings. The van der Waals surface area contributed by atoms with Crippen molar-refractivity contribution >= 4 is 40.9 Å². The van der Waals surface area contributed by atoms with Crippen molar-refractivity contribution in [2.45, 2.75) is 17.1 Å². The highest BCUT2D eigenvalue weighted by molar-refractivity contribution is 8.00. The third-order valence-electron chi connectivity index (χ3n) is 3.06. The minimum absolute atomic E-state index is 0.156. The second-order valence-corrected chi connectivity index (χ2v) is 6.57. The Morgan fingerprint density at radius 3 is 2.52 bits per heavy atom.